The van der Waals surface area contributed by atoms with Crippen molar-refractivity contribution in [2.45, 2.75) is 19.4 Å². The van der Waals surface area contributed by atoms with Gasteiger partial charge in [-0.05, 0) is 54.0 Å². The van der Waals surface area contributed by atoms with Crippen molar-refractivity contribution in [3.8, 4) is 0 Å². The van der Waals surface area contributed by atoms with E-state index in [1.807, 2.05) is 19.2 Å². The maximum absolute atomic E-state index is 6.04. The van der Waals surface area contributed by atoms with Crippen LogP contribution in [0.2, 0.25) is 0 Å². The number of nitrogens with one attached hydrogen (secondary N) is 1. The smallest absolute Gasteiger partial charge is 0.148 e. The number of rotatable bonds is 4. The van der Waals surface area contributed by atoms with E-state index >= 15 is 0 Å². The minimum absolute atomic E-state index is 0.173. The molecular weight excluding hydrogens is 326 g/mol. The number of benzene rings is 2. The average molecular weight is 344 g/mol. The van der Waals surface area contributed by atoms with Crippen LogP contribution in [0.15, 0.2) is 57.4 Å². The van der Waals surface area contributed by atoms with Crippen molar-refractivity contribution in [2.24, 2.45) is 0 Å². The molecule has 3 aromatic rings. The van der Waals surface area contributed by atoms with Gasteiger partial charge in [-0.15, -0.1) is 0 Å². The SMILES string of the molecule is CNC(Cc1ccc(C)cc1)c1cc2cccc(Br)c2o1. The van der Waals surface area contributed by atoms with E-state index < -0.39 is 0 Å². The fraction of sp³-hybridized carbons (Fsp3) is 0.222. The summed E-state index contributed by atoms with van der Waals surface area (Å²) in [6.45, 7) is 2.11. The highest BCUT2D eigenvalue weighted by Gasteiger charge is 2.16. The van der Waals surface area contributed by atoms with E-state index in [1.54, 1.807) is 0 Å². The van der Waals surface area contributed by atoms with Gasteiger partial charge in [-0.2, -0.15) is 0 Å². The Bertz CT molecular complexity index is 746. The number of para-hydroxylation sites is 1. The Morgan fingerprint density at radius 3 is 2.57 bits per heavy atom. The van der Waals surface area contributed by atoms with Crippen LogP contribution in [-0.4, -0.2) is 7.05 Å². The molecule has 2 aromatic carbocycles. The lowest BCUT2D eigenvalue weighted by Gasteiger charge is -2.13. The molecule has 0 aliphatic rings. The van der Waals surface area contributed by atoms with Crippen LogP contribution in [0, 0.1) is 6.92 Å². The summed E-state index contributed by atoms with van der Waals surface area (Å²) in [5, 5.41) is 4.48. The Balaban J connectivity index is 1.90. The number of likely N-dealkylation sites (N-methyl/N-ethyl adjacent to an activating group) is 1. The second kappa shape index (κ2) is 6.04. The monoisotopic (exact) mass is 343 g/mol. The van der Waals surface area contributed by atoms with E-state index in [2.05, 4.69) is 64.6 Å². The lowest BCUT2D eigenvalue weighted by molar-refractivity contribution is 0.450. The molecule has 0 aliphatic heterocycles. The van der Waals surface area contributed by atoms with Crippen molar-refractivity contribution in [1.29, 1.82) is 0 Å². The predicted octanol–water partition coefficient (Wildman–Crippen LogP) is 5.01. The number of aryl methyl sites for hydroxylation is 1. The molecule has 21 heavy (non-hydrogen) atoms. The van der Waals surface area contributed by atoms with Crippen LogP contribution in [0.1, 0.15) is 22.9 Å². The minimum Gasteiger partial charge on any atom is -0.458 e. The Morgan fingerprint density at radius 1 is 1.14 bits per heavy atom. The Labute approximate surface area is 133 Å². The Hall–Kier alpha value is -1.58. The van der Waals surface area contributed by atoms with Crippen LogP contribution in [0.25, 0.3) is 11.0 Å². The van der Waals surface area contributed by atoms with Crippen molar-refractivity contribution in [1.82, 2.24) is 5.32 Å². The molecule has 1 heterocycles. The minimum atomic E-state index is 0.173. The Morgan fingerprint density at radius 2 is 1.90 bits per heavy atom. The van der Waals surface area contributed by atoms with Crippen molar-refractivity contribution >= 4 is 26.9 Å². The molecule has 0 fully saturated rings. The van der Waals surface area contributed by atoms with Crippen LogP contribution in [0.4, 0.5) is 0 Å². The molecule has 0 saturated heterocycles. The molecule has 0 saturated carbocycles. The summed E-state index contributed by atoms with van der Waals surface area (Å²) < 4.78 is 7.04. The Kier molecular flexibility index (Phi) is 4.13. The van der Waals surface area contributed by atoms with E-state index in [-0.39, 0.29) is 6.04 Å². The lowest BCUT2D eigenvalue weighted by Crippen LogP contribution is -2.18. The van der Waals surface area contributed by atoms with E-state index in [4.69, 9.17) is 4.42 Å². The van der Waals surface area contributed by atoms with Crippen LogP contribution >= 0.6 is 15.9 Å². The van der Waals surface area contributed by atoms with E-state index in [1.165, 1.54) is 11.1 Å². The summed E-state index contributed by atoms with van der Waals surface area (Å²) in [5.41, 5.74) is 3.50. The van der Waals surface area contributed by atoms with Gasteiger partial charge in [0, 0.05) is 5.39 Å². The lowest BCUT2D eigenvalue weighted by atomic mass is 10.0. The number of hydrogen-bond acceptors (Lipinski definition) is 2. The number of fused-ring (bicyclic) bond motifs is 1. The third-order valence-electron chi connectivity index (χ3n) is 3.77. The van der Waals surface area contributed by atoms with Crippen LogP contribution in [-0.2, 0) is 6.42 Å². The maximum Gasteiger partial charge on any atom is 0.148 e. The molecule has 108 valence electrons. The molecule has 0 radical (unpaired) electrons. The first-order valence-corrected chi connectivity index (χ1v) is 7.87. The summed E-state index contributed by atoms with van der Waals surface area (Å²) in [5.74, 6) is 0.972. The molecule has 1 atom stereocenters. The second-order valence-corrected chi connectivity index (χ2v) is 6.19. The second-order valence-electron chi connectivity index (χ2n) is 5.34. The molecule has 3 rings (SSSR count). The normalized spacial score (nSPS) is 12.7. The van der Waals surface area contributed by atoms with Gasteiger partial charge in [0.05, 0.1) is 10.5 Å². The van der Waals surface area contributed by atoms with Crippen molar-refractivity contribution in [3.05, 3.63) is 69.9 Å². The molecule has 0 amide bonds. The highest BCUT2D eigenvalue weighted by atomic mass is 79.9. The molecule has 1 aromatic heterocycles. The van der Waals surface area contributed by atoms with E-state index in [0.29, 0.717) is 0 Å². The van der Waals surface area contributed by atoms with Gasteiger partial charge in [0.15, 0.2) is 0 Å². The standard InChI is InChI=1S/C18H18BrNO/c1-12-6-8-13(9-7-12)10-16(20-2)17-11-14-4-3-5-15(19)18(14)21-17/h3-9,11,16,20H,10H2,1-2H3. The summed E-state index contributed by atoms with van der Waals surface area (Å²) in [4.78, 5) is 0. The van der Waals surface area contributed by atoms with E-state index in [0.717, 1.165) is 27.6 Å². The molecule has 3 heteroatoms. The first-order chi connectivity index (χ1) is 10.2. The van der Waals surface area contributed by atoms with E-state index in [9.17, 15) is 0 Å². The van der Waals surface area contributed by atoms with Gasteiger partial charge in [-0.25, -0.2) is 0 Å². The third kappa shape index (κ3) is 3.04. The average Bonchev–Trinajstić information content (AvgIpc) is 2.92. The van der Waals surface area contributed by atoms with Gasteiger partial charge in [-0.3, -0.25) is 0 Å². The summed E-state index contributed by atoms with van der Waals surface area (Å²) >= 11 is 3.54. The highest BCUT2D eigenvalue weighted by molar-refractivity contribution is 9.10. The van der Waals surface area contributed by atoms with Gasteiger partial charge in [0.25, 0.3) is 0 Å². The zero-order valence-corrected chi connectivity index (χ0v) is 13.8. The first-order valence-electron chi connectivity index (χ1n) is 7.08. The third-order valence-corrected chi connectivity index (χ3v) is 4.39. The van der Waals surface area contributed by atoms with Crippen molar-refractivity contribution in [2.75, 3.05) is 7.05 Å². The quantitative estimate of drug-likeness (QED) is 0.720. The van der Waals surface area contributed by atoms with Gasteiger partial charge >= 0.3 is 0 Å². The number of halogens is 1. The first kappa shape index (κ1) is 14.4. The fourth-order valence-electron chi connectivity index (χ4n) is 2.52. The van der Waals surface area contributed by atoms with Crippen molar-refractivity contribution < 1.29 is 4.42 Å². The molecule has 1 unspecified atom stereocenters. The van der Waals surface area contributed by atoms with Crippen LogP contribution in [0.5, 0.6) is 0 Å². The zero-order chi connectivity index (χ0) is 14.8. The zero-order valence-electron chi connectivity index (χ0n) is 12.2. The van der Waals surface area contributed by atoms with Crippen LogP contribution in [0.3, 0.4) is 0 Å². The topological polar surface area (TPSA) is 25.2 Å². The van der Waals surface area contributed by atoms with Crippen LogP contribution < -0.4 is 5.32 Å². The van der Waals surface area contributed by atoms with Gasteiger partial charge in [-0.1, -0.05) is 42.0 Å². The number of furan rings is 1. The highest BCUT2D eigenvalue weighted by Crippen LogP contribution is 2.30. The van der Waals surface area contributed by atoms with Gasteiger partial charge in [0.1, 0.15) is 11.3 Å². The largest absolute Gasteiger partial charge is 0.458 e. The fourth-order valence-corrected chi connectivity index (χ4v) is 2.99. The van der Waals surface area contributed by atoms with Gasteiger partial charge in [0.2, 0.25) is 0 Å². The maximum atomic E-state index is 6.04. The molecule has 0 spiro atoms. The molecule has 2 nitrogen and oxygen atoms in total. The summed E-state index contributed by atoms with van der Waals surface area (Å²) in [7, 11) is 1.97. The number of hydrogen-bond donors (Lipinski definition) is 1. The molecular formula is C18H18BrNO. The summed E-state index contributed by atoms with van der Waals surface area (Å²) in [6, 6.07) is 17.1. The predicted molar refractivity (Wildman–Crippen MR) is 90.6 cm³/mol. The summed E-state index contributed by atoms with van der Waals surface area (Å²) in [6.07, 6.45) is 0.911. The molecule has 0 bridgehead atoms. The molecule has 1 N–H and O–H groups in total. The molecule has 0 aliphatic carbocycles. The van der Waals surface area contributed by atoms with Gasteiger partial charge < -0.3 is 9.73 Å². The van der Waals surface area contributed by atoms with Crippen molar-refractivity contribution in [3.63, 3.8) is 0 Å².